The first kappa shape index (κ1) is 19.7. The van der Waals surface area contributed by atoms with Gasteiger partial charge in [-0.25, -0.2) is 8.42 Å². The van der Waals surface area contributed by atoms with Gasteiger partial charge in [-0.3, -0.25) is 0 Å². The zero-order chi connectivity index (χ0) is 21.1. The molecule has 0 amide bonds. The Kier molecular flexibility index (Phi) is 5.29. The Morgan fingerprint density at radius 1 is 0.933 bits per heavy atom. The summed E-state index contributed by atoms with van der Waals surface area (Å²) in [6, 6.07) is 22.8. The molecule has 3 aromatic carbocycles. The number of rotatable bonds is 6. The lowest BCUT2D eigenvalue weighted by molar-refractivity contribution is 0.415. The van der Waals surface area contributed by atoms with Gasteiger partial charge < -0.3 is 14.5 Å². The summed E-state index contributed by atoms with van der Waals surface area (Å²) >= 11 is 0. The van der Waals surface area contributed by atoms with E-state index in [1.807, 2.05) is 31.2 Å². The van der Waals surface area contributed by atoms with Crippen molar-refractivity contribution in [3.63, 3.8) is 0 Å². The fourth-order valence-corrected chi connectivity index (χ4v) is 4.21. The van der Waals surface area contributed by atoms with Crippen molar-refractivity contribution in [3.8, 4) is 17.2 Å². The molecule has 30 heavy (non-hydrogen) atoms. The largest absolute Gasteiger partial charge is 0.497 e. The maximum absolute atomic E-state index is 13.3. The van der Waals surface area contributed by atoms with Crippen LogP contribution >= 0.6 is 0 Å². The standard InChI is InChI=1S/C23H20N2O4S/c1-16-11-13-17(14-12-16)21-25-23(30(26,27)20-9-4-3-5-10-20)22(29-21)24-18-7-6-8-19(15-18)28-2/h3-15,24H,1-2H3. The topological polar surface area (TPSA) is 81.4 Å². The van der Waals surface area contributed by atoms with E-state index in [9.17, 15) is 8.42 Å². The molecule has 0 aliphatic heterocycles. The van der Waals surface area contributed by atoms with Crippen molar-refractivity contribution in [2.75, 3.05) is 12.4 Å². The van der Waals surface area contributed by atoms with Crippen molar-refractivity contribution >= 4 is 21.4 Å². The van der Waals surface area contributed by atoms with Gasteiger partial charge in [-0.2, -0.15) is 4.98 Å². The van der Waals surface area contributed by atoms with E-state index in [0.717, 1.165) is 5.56 Å². The van der Waals surface area contributed by atoms with Crippen LogP contribution in [-0.2, 0) is 9.84 Å². The van der Waals surface area contributed by atoms with Gasteiger partial charge in [0.1, 0.15) is 5.75 Å². The average Bonchev–Trinajstić information content (AvgIpc) is 3.19. The Bertz CT molecular complexity index is 1260. The minimum atomic E-state index is -3.90. The number of benzene rings is 3. The van der Waals surface area contributed by atoms with Gasteiger partial charge in [-0.1, -0.05) is 42.0 Å². The van der Waals surface area contributed by atoms with E-state index in [-0.39, 0.29) is 21.7 Å². The molecule has 0 bridgehead atoms. The predicted molar refractivity (Wildman–Crippen MR) is 115 cm³/mol. The molecule has 152 valence electrons. The lowest BCUT2D eigenvalue weighted by Gasteiger charge is -2.07. The maximum Gasteiger partial charge on any atom is 0.238 e. The molecule has 0 aliphatic rings. The van der Waals surface area contributed by atoms with E-state index in [1.165, 1.54) is 12.1 Å². The van der Waals surface area contributed by atoms with Crippen molar-refractivity contribution in [1.82, 2.24) is 4.98 Å². The zero-order valence-corrected chi connectivity index (χ0v) is 17.3. The molecule has 0 saturated heterocycles. The first-order valence-electron chi connectivity index (χ1n) is 9.26. The first-order valence-corrected chi connectivity index (χ1v) is 10.7. The van der Waals surface area contributed by atoms with Crippen LogP contribution in [-0.4, -0.2) is 20.5 Å². The molecule has 0 radical (unpaired) electrons. The van der Waals surface area contributed by atoms with Gasteiger partial charge >= 0.3 is 0 Å². The van der Waals surface area contributed by atoms with Gasteiger partial charge in [0.15, 0.2) is 0 Å². The number of hydrogen-bond acceptors (Lipinski definition) is 6. The Morgan fingerprint density at radius 3 is 2.37 bits per heavy atom. The second-order valence-electron chi connectivity index (χ2n) is 6.69. The lowest BCUT2D eigenvalue weighted by Crippen LogP contribution is -2.05. The lowest BCUT2D eigenvalue weighted by atomic mass is 10.1. The number of nitrogens with one attached hydrogen (secondary N) is 1. The molecule has 0 atom stereocenters. The van der Waals surface area contributed by atoms with Crippen molar-refractivity contribution < 1.29 is 17.6 Å². The number of anilines is 2. The fourth-order valence-electron chi connectivity index (χ4n) is 2.93. The van der Waals surface area contributed by atoms with Gasteiger partial charge in [0.05, 0.1) is 12.0 Å². The van der Waals surface area contributed by atoms with Gasteiger partial charge in [0.2, 0.25) is 26.6 Å². The van der Waals surface area contributed by atoms with E-state index in [1.54, 1.807) is 49.6 Å². The zero-order valence-electron chi connectivity index (χ0n) is 16.5. The van der Waals surface area contributed by atoms with Crippen LogP contribution < -0.4 is 10.1 Å². The highest BCUT2D eigenvalue weighted by molar-refractivity contribution is 7.91. The molecule has 1 N–H and O–H groups in total. The summed E-state index contributed by atoms with van der Waals surface area (Å²) in [5.74, 6) is 0.892. The summed E-state index contributed by atoms with van der Waals surface area (Å²) in [4.78, 5) is 4.49. The Balaban J connectivity index is 1.83. The molecule has 0 aliphatic carbocycles. The monoisotopic (exact) mass is 420 g/mol. The Hall–Kier alpha value is -3.58. The molecule has 0 saturated carbocycles. The number of oxazole rings is 1. The van der Waals surface area contributed by atoms with Crippen molar-refractivity contribution in [2.24, 2.45) is 0 Å². The molecule has 4 aromatic rings. The number of aryl methyl sites for hydroxylation is 1. The van der Waals surface area contributed by atoms with Gasteiger partial charge in [0, 0.05) is 17.3 Å². The second-order valence-corrected chi connectivity index (χ2v) is 8.56. The van der Waals surface area contributed by atoms with E-state index < -0.39 is 9.84 Å². The van der Waals surface area contributed by atoms with Crippen LogP contribution in [0.2, 0.25) is 0 Å². The number of methoxy groups -OCH3 is 1. The van der Waals surface area contributed by atoms with Crippen LogP contribution in [0.15, 0.2) is 93.2 Å². The third-order valence-electron chi connectivity index (χ3n) is 4.53. The molecule has 0 unspecified atom stereocenters. The smallest absolute Gasteiger partial charge is 0.238 e. The second kappa shape index (κ2) is 8.04. The first-order chi connectivity index (χ1) is 14.5. The quantitative estimate of drug-likeness (QED) is 0.460. The normalized spacial score (nSPS) is 11.3. The van der Waals surface area contributed by atoms with E-state index in [2.05, 4.69) is 10.3 Å². The van der Waals surface area contributed by atoms with Crippen LogP contribution in [0, 0.1) is 6.92 Å². The van der Waals surface area contributed by atoms with E-state index in [0.29, 0.717) is 17.0 Å². The van der Waals surface area contributed by atoms with Crippen LogP contribution in [0.25, 0.3) is 11.5 Å². The van der Waals surface area contributed by atoms with Crippen molar-refractivity contribution in [2.45, 2.75) is 16.8 Å². The highest BCUT2D eigenvalue weighted by atomic mass is 32.2. The van der Waals surface area contributed by atoms with Gasteiger partial charge in [-0.05, 0) is 43.3 Å². The van der Waals surface area contributed by atoms with Crippen LogP contribution in [0.5, 0.6) is 5.75 Å². The Morgan fingerprint density at radius 2 is 1.67 bits per heavy atom. The molecule has 1 aromatic heterocycles. The van der Waals surface area contributed by atoms with Crippen LogP contribution in [0.1, 0.15) is 5.56 Å². The fraction of sp³-hybridized carbons (Fsp3) is 0.0870. The number of ether oxygens (including phenoxy) is 1. The van der Waals surface area contributed by atoms with Crippen LogP contribution in [0.3, 0.4) is 0 Å². The van der Waals surface area contributed by atoms with Crippen LogP contribution in [0.4, 0.5) is 11.6 Å². The van der Waals surface area contributed by atoms with Gasteiger partial charge in [0.25, 0.3) is 0 Å². The molecule has 6 nitrogen and oxygen atoms in total. The molecule has 0 fully saturated rings. The molecule has 1 heterocycles. The number of aromatic nitrogens is 1. The highest BCUT2D eigenvalue weighted by Crippen LogP contribution is 2.34. The van der Waals surface area contributed by atoms with Gasteiger partial charge in [-0.15, -0.1) is 0 Å². The molecular formula is C23H20N2O4S. The Labute approximate surface area is 175 Å². The van der Waals surface area contributed by atoms with Crippen molar-refractivity contribution in [1.29, 1.82) is 0 Å². The summed E-state index contributed by atoms with van der Waals surface area (Å²) in [7, 11) is -2.34. The highest BCUT2D eigenvalue weighted by Gasteiger charge is 2.28. The van der Waals surface area contributed by atoms with E-state index in [4.69, 9.17) is 9.15 Å². The minimum Gasteiger partial charge on any atom is -0.497 e. The maximum atomic E-state index is 13.3. The predicted octanol–water partition coefficient (Wildman–Crippen LogP) is 5.24. The SMILES string of the molecule is COc1cccc(Nc2oc(-c3ccc(C)cc3)nc2S(=O)(=O)c2ccccc2)c1. The minimum absolute atomic E-state index is 0.0441. The molecule has 0 spiro atoms. The molecule has 7 heteroatoms. The summed E-state index contributed by atoms with van der Waals surface area (Å²) in [6.45, 7) is 1.97. The summed E-state index contributed by atoms with van der Waals surface area (Å²) in [5, 5.41) is 2.86. The number of sulfone groups is 1. The molecule has 4 rings (SSSR count). The number of nitrogens with zero attached hydrogens (tertiary/aromatic N) is 1. The third kappa shape index (κ3) is 3.92. The average molecular weight is 420 g/mol. The summed E-state index contributed by atoms with van der Waals surface area (Å²) < 4.78 is 37.7. The molecular weight excluding hydrogens is 400 g/mol. The summed E-state index contributed by atoms with van der Waals surface area (Å²) in [6.07, 6.45) is 0. The third-order valence-corrected chi connectivity index (χ3v) is 6.21. The van der Waals surface area contributed by atoms with E-state index >= 15 is 0 Å². The number of hydrogen-bond donors (Lipinski definition) is 1. The summed E-state index contributed by atoms with van der Waals surface area (Å²) in [5.41, 5.74) is 2.38. The van der Waals surface area contributed by atoms with Crippen molar-refractivity contribution in [3.05, 3.63) is 84.4 Å².